The van der Waals surface area contributed by atoms with Gasteiger partial charge in [0.2, 0.25) is 0 Å². The van der Waals surface area contributed by atoms with Crippen molar-refractivity contribution in [2.75, 3.05) is 38.1 Å². The Labute approximate surface area is 161 Å². The molecular formula is C17H18Cl2N4O3. The Hall–Kier alpha value is -2.43. The molecule has 1 aromatic carbocycles. The van der Waals surface area contributed by atoms with Crippen LogP contribution in [-0.2, 0) is 9.53 Å². The molecule has 0 radical (unpaired) electrons. The monoisotopic (exact) mass is 396 g/mol. The molecule has 0 atom stereocenters. The summed E-state index contributed by atoms with van der Waals surface area (Å²) >= 11 is 11.8. The topological polar surface area (TPSA) is 85.7 Å². The molecule has 0 aliphatic carbocycles. The lowest BCUT2D eigenvalue weighted by Crippen LogP contribution is -2.47. The second kappa shape index (κ2) is 9.32. The number of carbonyl (C=O) groups excluding carboxylic acids is 2. The Morgan fingerprint density at radius 1 is 1.27 bits per heavy atom. The minimum Gasteiger partial charge on any atom is -0.450 e. The van der Waals surface area contributed by atoms with E-state index >= 15 is 0 Å². The van der Waals surface area contributed by atoms with Crippen LogP contribution in [0.1, 0.15) is 6.92 Å². The normalized spacial score (nSPS) is 14.6. The smallest absolute Gasteiger partial charge is 0.409 e. The van der Waals surface area contributed by atoms with Crippen molar-refractivity contribution in [3.8, 4) is 6.07 Å². The summed E-state index contributed by atoms with van der Waals surface area (Å²) in [6, 6.07) is 6.56. The molecule has 1 heterocycles. The van der Waals surface area contributed by atoms with E-state index < -0.39 is 5.91 Å². The van der Waals surface area contributed by atoms with Crippen molar-refractivity contribution in [1.29, 1.82) is 5.26 Å². The molecule has 1 N–H and O–H groups in total. The number of ether oxygens (including phenoxy) is 1. The van der Waals surface area contributed by atoms with Gasteiger partial charge in [0.15, 0.2) is 0 Å². The van der Waals surface area contributed by atoms with Gasteiger partial charge in [0.1, 0.15) is 11.6 Å². The second-order valence-corrected chi connectivity index (χ2v) is 6.27. The molecule has 9 heteroatoms. The lowest BCUT2D eigenvalue weighted by Gasteiger charge is -2.33. The number of hydrogen-bond acceptors (Lipinski definition) is 5. The van der Waals surface area contributed by atoms with Crippen molar-refractivity contribution in [3.63, 3.8) is 0 Å². The van der Waals surface area contributed by atoms with Crippen LogP contribution in [0.2, 0.25) is 10.0 Å². The van der Waals surface area contributed by atoms with Gasteiger partial charge in [0.25, 0.3) is 5.91 Å². The number of anilines is 1. The van der Waals surface area contributed by atoms with E-state index in [1.807, 2.05) is 11.0 Å². The zero-order valence-corrected chi connectivity index (χ0v) is 15.7. The SMILES string of the molecule is CCOC(=O)N1CCN(/C=C(/C#N)C(=O)Nc2ccc(Cl)c(Cl)c2)CC1. The molecule has 1 aliphatic rings. The number of nitriles is 1. The van der Waals surface area contributed by atoms with Crippen LogP contribution in [0.5, 0.6) is 0 Å². The predicted molar refractivity (Wildman–Crippen MR) is 99.0 cm³/mol. The second-order valence-electron chi connectivity index (χ2n) is 5.46. The zero-order valence-electron chi connectivity index (χ0n) is 14.2. The number of benzene rings is 1. The molecule has 0 saturated carbocycles. The van der Waals surface area contributed by atoms with Gasteiger partial charge in [-0.3, -0.25) is 4.79 Å². The summed E-state index contributed by atoms with van der Waals surface area (Å²) in [4.78, 5) is 27.4. The summed E-state index contributed by atoms with van der Waals surface area (Å²) in [6.07, 6.45) is 1.14. The van der Waals surface area contributed by atoms with E-state index in [1.165, 1.54) is 12.3 Å². The minimum absolute atomic E-state index is 0.0411. The van der Waals surface area contributed by atoms with Crippen LogP contribution >= 0.6 is 23.2 Å². The zero-order chi connectivity index (χ0) is 19.1. The van der Waals surface area contributed by atoms with Gasteiger partial charge in [0.05, 0.1) is 16.7 Å². The van der Waals surface area contributed by atoms with Crippen molar-refractivity contribution >= 4 is 40.9 Å². The summed E-state index contributed by atoms with van der Waals surface area (Å²) in [5.41, 5.74) is 0.401. The Morgan fingerprint density at radius 3 is 2.54 bits per heavy atom. The quantitative estimate of drug-likeness (QED) is 0.623. The number of amides is 2. The van der Waals surface area contributed by atoms with Gasteiger partial charge in [-0.15, -0.1) is 0 Å². The fraction of sp³-hybridized carbons (Fsp3) is 0.353. The van der Waals surface area contributed by atoms with Gasteiger partial charge in [-0.05, 0) is 25.1 Å². The Balaban J connectivity index is 1.97. The molecule has 0 bridgehead atoms. The highest BCUT2D eigenvalue weighted by Gasteiger charge is 2.21. The molecule has 0 unspecified atom stereocenters. The van der Waals surface area contributed by atoms with E-state index in [1.54, 1.807) is 24.0 Å². The molecule has 0 spiro atoms. The maximum absolute atomic E-state index is 12.3. The van der Waals surface area contributed by atoms with Crippen LogP contribution in [0.25, 0.3) is 0 Å². The maximum Gasteiger partial charge on any atom is 0.409 e. The van der Waals surface area contributed by atoms with Crippen LogP contribution in [-0.4, -0.2) is 54.6 Å². The van der Waals surface area contributed by atoms with Crippen molar-refractivity contribution in [2.24, 2.45) is 0 Å². The third kappa shape index (κ3) is 5.28. The molecule has 138 valence electrons. The van der Waals surface area contributed by atoms with Crippen LogP contribution in [0.15, 0.2) is 30.0 Å². The van der Waals surface area contributed by atoms with Gasteiger partial charge in [-0.2, -0.15) is 5.26 Å². The lowest BCUT2D eigenvalue weighted by atomic mass is 10.2. The van der Waals surface area contributed by atoms with Crippen molar-refractivity contribution in [1.82, 2.24) is 9.80 Å². The average molecular weight is 397 g/mol. The van der Waals surface area contributed by atoms with Gasteiger partial charge in [-0.1, -0.05) is 23.2 Å². The number of nitrogens with one attached hydrogen (secondary N) is 1. The first-order valence-electron chi connectivity index (χ1n) is 7.98. The summed E-state index contributed by atoms with van der Waals surface area (Å²) in [7, 11) is 0. The lowest BCUT2D eigenvalue weighted by molar-refractivity contribution is -0.112. The Morgan fingerprint density at radius 2 is 1.96 bits per heavy atom. The van der Waals surface area contributed by atoms with Gasteiger partial charge >= 0.3 is 6.09 Å². The minimum atomic E-state index is -0.543. The van der Waals surface area contributed by atoms with E-state index in [4.69, 9.17) is 27.9 Å². The number of piperazine rings is 1. The third-order valence-electron chi connectivity index (χ3n) is 3.69. The van der Waals surface area contributed by atoms with Gasteiger partial charge < -0.3 is 19.9 Å². The molecule has 0 aromatic heterocycles. The highest BCUT2D eigenvalue weighted by Crippen LogP contribution is 2.25. The van der Waals surface area contributed by atoms with E-state index in [2.05, 4.69) is 5.32 Å². The summed E-state index contributed by atoms with van der Waals surface area (Å²) < 4.78 is 4.96. The molecule has 1 aromatic rings. The van der Waals surface area contributed by atoms with E-state index in [9.17, 15) is 14.9 Å². The Kier molecular flexibility index (Phi) is 7.13. The number of rotatable bonds is 4. The molecule has 7 nitrogen and oxygen atoms in total. The standard InChI is InChI=1S/C17H18Cl2N4O3/c1-2-26-17(25)23-7-5-22(6-8-23)11-12(10-20)16(24)21-13-3-4-14(18)15(19)9-13/h3-4,9,11H,2,5-8H2,1H3,(H,21,24)/b12-11-. The van der Waals surface area contributed by atoms with Crippen LogP contribution in [0, 0.1) is 11.3 Å². The molecule has 1 aliphatic heterocycles. The van der Waals surface area contributed by atoms with E-state index in [0.717, 1.165) is 0 Å². The number of halogens is 2. The number of nitrogens with zero attached hydrogens (tertiary/aromatic N) is 3. The maximum atomic E-state index is 12.3. The summed E-state index contributed by atoms with van der Waals surface area (Å²) in [6.45, 7) is 4.01. The Bertz CT molecular complexity index is 753. The fourth-order valence-electron chi connectivity index (χ4n) is 2.34. The van der Waals surface area contributed by atoms with Crippen molar-refractivity contribution < 1.29 is 14.3 Å². The van der Waals surface area contributed by atoms with Crippen LogP contribution in [0.3, 0.4) is 0 Å². The largest absolute Gasteiger partial charge is 0.450 e. The highest BCUT2D eigenvalue weighted by atomic mass is 35.5. The molecule has 26 heavy (non-hydrogen) atoms. The molecular weight excluding hydrogens is 379 g/mol. The van der Waals surface area contributed by atoms with Gasteiger partial charge in [0, 0.05) is 38.1 Å². The number of hydrogen-bond donors (Lipinski definition) is 1. The van der Waals surface area contributed by atoms with Crippen LogP contribution in [0.4, 0.5) is 10.5 Å². The molecule has 2 amide bonds. The summed E-state index contributed by atoms with van der Waals surface area (Å²) in [5, 5.41) is 12.6. The molecule has 1 fully saturated rings. The number of carbonyl (C=O) groups is 2. The molecule has 2 rings (SSSR count). The average Bonchev–Trinajstić information content (AvgIpc) is 2.63. The van der Waals surface area contributed by atoms with Gasteiger partial charge in [-0.25, -0.2) is 4.79 Å². The van der Waals surface area contributed by atoms with E-state index in [-0.39, 0.29) is 11.7 Å². The fourth-order valence-corrected chi connectivity index (χ4v) is 2.64. The third-order valence-corrected chi connectivity index (χ3v) is 4.43. The van der Waals surface area contributed by atoms with Crippen LogP contribution < -0.4 is 5.32 Å². The summed E-state index contributed by atoms with van der Waals surface area (Å²) in [5.74, 6) is -0.543. The first-order valence-corrected chi connectivity index (χ1v) is 8.74. The molecule has 1 saturated heterocycles. The predicted octanol–water partition coefficient (Wildman–Crippen LogP) is 3.11. The van der Waals surface area contributed by atoms with E-state index in [0.29, 0.717) is 48.5 Å². The first-order chi connectivity index (χ1) is 12.4. The first kappa shape index (κ1) is 19.9. The van der Waals surface area contributed by atoms with Crippen molar-refractivity contribution in [2.45, 2.75) is 6.92 Å². The van der Waals surface area contributed by atoms with Crippen molar-refractivity contribution in [3.05, 3.63) is 40.0 Å². The highest BCUT2D eigenvalue weighted by molar-refractivity contribution is 6.42.